The summed E-state index contributed by atoms with van der Waals surface area (Å²) in [6.45, 7) is 0.270. The molecule has 0 aliphatic carbocycles. The summed E-state index contributed by atoms with van der Waals surface area (Å²) in [7, 11) is 3.02. The Morgan fingerprint density at radius 1 is 1.15 bits per heavy atom. The van der Waals surface area contributed by atoms with Crippen LogP contribution < -0.4 is 15.4 Å². The minimum absolute atomic E-state index is 0.205. The summed E-state index contributed by atoms with van der Waals surface area (Å²) < 4.78 is 19.8. The van der Waals surface area contributed by atoms with E-state index in [1.165, 1.54) is 38.8 Å². The summed E-state index contributed by atoms with van der Waals surface area (Å²) in [4.78, 5) is 29.2. The van der Waals surface area contributed by atoms with Gasteiger partial charge in [-0.1, -0.05) is 6.07 Å². The molecule has 10 heteroatoms. The number of amides is 1. The van der Waals surface area contributed by atoms with Gasteiger partial charge in [0.15, 0.2) is 0 Å². The number of halogens is 1. The van der Waals surface area contributed by atoms with Crippen molar-refractivity contribution in [1.29, 1.82) is 0 Å². The number of carbonyl (C=O) groups excluding carboxylic acids is 1. The van der Waals surface area contributed by atoms with Gasteiger partial charge in [0.05, 0.1) is 30.5 Å². The van der Waals surface area contributed by atoms with Crippen LogP contribution in [-0.4, -0.2) is 51.7 Å². The first-order chi connectivity index (χ1) is 16.5. The van der Waals surface area contributed by atoms with E-state index in [2.05, 4.69) is 30.6 Å². The Bertz CT molecular complexity index is 1350. The van der Waals surface area contributed by atoms with Crippen molar-refractivity contribution in [2.45, 2.75) is 13.0 Å². The first-order valence-corrected chi connectivity index (χ1v) is 10.5. The number of aromatic nitrogens is 4. The van der Waals surface area contributed by atoms with E-state index in [0.29, 0.717) is 41.4 Å². The normalized spacial score (nSPS) is 10.8. The van der Waals surface area contributed by atoms with Gasteiger partial charge in [0, 0.05) is 43.0 Å². The Hall–Kier alpha value is -4.18. The molecule has 0 saturated heterocycles. The van der Waals surface area contributed by atoms with Crippen LogP contribution in [0, 0.1) is 5.82 Å². The van der Waals surface area contributed by atoms with Crippen molar-refractivity contribution in [1.82, 2.24) is 25.3 Å². The number of fused-ring (bicyclic) bond motifs is 1. The van der Waals surface area contributed by atoms with E-state index in [9.17, 15) is 14.3 Å². The third-order valence-electron chi connectivity index (χ3n) is 5.36. The number of nitrogens with zero attached hydrogens (tertiary/aromatic N) is 4. The van der Waals surface area contributed by atoms with Gasteiger partial charge in [-0.3, -0.25) is 14.8 Å². The van der Waals surface area contributed by atoms with E-state index >= 15 is 0 Å². The zero-order valence-electron chi connectivity index (χ0n) is 18.7. The van der Waals surface area contributed by atoms with Crippen molar-refractivity contribution < 1.29 is 19.0 Å². The molecule has 4 rings (SSSR count). The van der Waals surface area contributed by atoms with Crippen LogP contribution >= 0.6 is 0 Å². The smallest absolute Gasteiger partial charge is 0.251 e. The fourth-order valence-electron chi connectivity index (χ4n) is 3.65. The molecule has 3 heterocycles. The predicted octanol–water partition coefficient (Wildman–Crippen LogP) is 2.74. The van der Waals surface area contributed by atoms with E-state index < -0.39 is 5.82 Å². The molecule has 0 unspecified atom stereocenters. The molecule has 9 nitrogen and oxygen atoms in total. The second-order valence-corrected chi connectivity index (χ2v) is 7.36. The maximum Gasteiger partial charge on any atom is 0.251 e. The van der Waals surface area contributed by atoms with Crippen molar-refractivity contribution in [2.24, 2.45) is 0 Å². The molecule has 0 atom stereocenters. The van der Waals surface area contributed by atoms with E-state index in [0.717, 1.165) is 11.1 Å². The number of aliphatic hydroxyl groups excluding tert-OH is 1. The number of nitrogens with one attached hydrogen (secondary N) is 2. The molecule has 0 aliphatic rings. The van der Waals surface area contributed by atoms with Gasteiger partial charge in [0.25, 0.3) is 5.91 Å². The summed E-state index contributed by atoms with van der Waals surface area (Å²) in [5.41, 5.74) is 3.30. The maximum absolute atomic E-state index is 14.5. The minimum atomic E-state index is -0.491. The van der Waals surface area contributed by atoms with Crippen molar-refractivity contribution in [2.75, 3.05) is 26.0 Å². The first-order valence-electron chi connectivity index (χ1n) is 10.5. The van der Waals surface area contributed by atoms with Gasteiger partial charge in [-0.2, -0.15) is 0 Å². The number of benzene rings is 1. The molecule has 174 valence electrons. The summed E-state index contributed by atoms with van der Waals surface area (Å²) in [6.07, 6.45) is 5.08. The summed E-state index contributed by atoms with van der Waals surface area (Å²) in [6, 6.07) is 8.06. The SMILES string of the molecule is CNC(=O)c1ccnc2c(CCNc3cc(-c4cnc(CO)c(OC)c4)ncn3)ccc(F)c12. The van der Waals surface area contributed by atoms with Crippen LogP contribution in [-0.2, 0) is 13.0 Å². The molecular formula is C24H23FN6O3. The number of hydrogen-bond donors (Lipinski definition) is 3. The highest BCUT2D eigenvalue weighted by Crippen LogP contribution is 2.26. The fourth-order valence-corrected chi connectivity index (χ4v) is 3.65. The van der Waals surface area contributed by atoms with Crippen LogP contribution in [0.2, 0.25) is 0 Å². The molecule has 3 N–H and O–H groups in total. The third-order valence-corrected chi connectivity index (χ3v) is 5.36. The molecule has 0 radical (unpaired) electrons. The second-order valence-electron chi connectivity index (χ2n) is 7.36. The Labute approximate surface area is 195 Å². The van der Waals surface area contributed by atoms with Gasteiger partial charge < -0.3 is 20.5 Å². The van der Waals surface area contributed by atoms with Crippen LogP contribution in [0.25, 0.3) is 22.2 Å². The van der Waals surface area contributed by atoms with Crippen LogP contribution in [0.15, 0.2) is 49.1 Å². The molecule has 4 aromatic rings. The lowest BCUT2D eigenvalue weighted by Crippen LogP contribution is -2.18. The molecule has 0 aliphatic heterocycles. The zero-order chi connectivity index (χ0) is 24.1. The molecular weight excluding hydrogens is 439 g/mol. The monoisotopic (exact) mass is 462 g/mol. The highest BCUT2D eigenvalue weighted by molar-refractivity contribution is 6.06. The number of aliphatic hydroxyl groups is 1. The van der Waals surface area contributed by atoms with E-state index in [1.54, 1.807) is 24.4 Å². The molecule has 34 heavy (non-hydrogen) atoms. The first kappa shape index (κ1) is 23.0. The molecule has 1 aromatic carbocycles. The summed E-state index contributed by atoms with van der Waals surface area (Å²) >= 11 is 0. The lowest BCUT2D eigenvalue weighted by atomic mass is 10.0. The molecule has 0 spiro atoms. The lowest BCUT2D eigenvalue weighted by Gasteiger charge is -2.11. The average molecular weight is 462 g/mol. The van der Waals surface area contributed by atoms with Gasteiger partial charge in [0.1, 0.15) is 29.4 Å². The molecule has 0 fully saturated rings. The van der Waals surface area contributed by atoms with Gasteiger partial charge >= 0.3 is 0 Å². The van der Waals surface area contributed by atoms with E-state index in [4.69, 9.17) is 4.74 Å². The number of ether oxygens (including phenoxy) is 1. The minimum Gasteiger partial charge on any atom is -0.495 e. The quantitative estimate of drug-likeness (QED) is 0.365. The summed E-state index contributed by atoms with van der Waals surface area (Å²) in [5, 5.41) is 15.3. The number of anilines is 1. The Morgan fingerprint density at radius 2 is 2.00 bits per heavy atom. The average Bonchev–Trinajstić information content (AvgIpc) is 2.89. The van der Waals surface area contributed by atoms with Gasteiger partial charge in [-0.15, -0.1) is 0 Å². The van der Waals surface area contributed by atoms with E-state index in [-0.39, 0.29) is 23.5 Å². The third kappa shape index (κ3) is 4.62. The number of rotatable bonds is 8. The number of carbonyl (C=O) groups is 1. The number of pyridine rings is 2. The second kappa shape index (κ2) is 10.2. The van der Waals surface area contributed by atoms with Gasteiger partial charge in [-0.25, -0.2) is 14.4 Å². The Kier molecular flexibility index (Phi) is 6.88. The van der Waals surface area contributed by atoms with Crippen LogP contribution in [0.5, 0.6) is 5.75 Å². The standard InChI is InChI=1S/C24H23FN6O3/c1-26-24(33)16-6-8-28-23-14(3-4-17(25)22(16)23)5-7-27-21-10-18(30-13-31-21)15-9-20(34-2)19(12-32)29-11-15/h3-4,6,8-11,13,32H,5,7,12H2,1-2H3,(H,26,33)(H,27,30,31). The van der Waals surface area contributed by atoms with Gasteiger partial charge in [-0.05, 0) is 30.2 Å². The fraction of sp³-hybridized carbons (Fsp3) is 0.208. The highest BCUT2D eigenvalue weighted by Gasteiger charge is 2.16. The van der Waals surface area contributed by atoms with Crippen LogP contribution in [0.4, 0.5) is 10.2 Å². The zero-order valence-corrected chi connectivity index (χ0v) is 18.7. The molecule has 0 saturated carbocycles. The van der Waals surface area contributed by atoms with Crippen molar-refractivity contribution in [3.63, 3.8) is 0 Å². The van der Waals surface area contributed by atoms with Crippen molar-refractivity contribution in [3.8, 4) is 17.0 Å². The lowest BCUT2D eigenvalue weighted by molar-refractivity contribution is 0.0964. The van der Waals surface area contributed by atoms with Crippen molar-refractivity contribution >= 4 is 22.6 Å². The largest absolute Gasteiger partial charge is 0.495 e. The van der Waals surface area contributed by atoms with Crippen LogP contribution in [0.1, 0.15) is 21.6 Å². The molecule has 3 aromatic heterocycles. The van der Waals surface area contributed by atoms with Crippen molar-refractivity contribution in [3.05, 3.63) is 71.7 Å². The molecule has 0 bridgehead atoms. The van der Waals surface area contributed by atoms with E-state index in [1.807, 2.05) is 0 Å². The highest BCUT2D eigenvalue weighted by atomic mass is 19.1. The number of methoxy groups -OCH3 is 1. The van der Waals surface area contributed by atoms with Gasteiger partial charge in [0.2, 0.25) is 0 Å². The Balaban J connectivity index is 1.53. The maximum atomic E-state index is 14.5. The van der Waals surface area contributed by atoms with Crippen LogP contribution in [0.3, 0.4) is 0 Å². The summed E-state index contributed by atoms with van der Waals surface area (Å²) in [5.74, 6) is 0.212. The molecule has 1 amide bonds. The topological polar surface area (TPSA) is 122 Å². The predicted molar refractivity (Wildman–Crippen MR) is 125 cm³/mol. The Morgan fingerprint density at radius 3 is 2.76 bits per heavy atom. The number of hydrogen-bond acceptors (Lipinski definition) is 8.